The standard InChI is InChI=1S/C14H20N2OS3/c1-2-11-14(17)16(8-10-9-18-6-7-19-10)13(15-11)12-4-3-5-20-12/h3-5,10-11,13,15H,2,6-9H2,1H3. The van der Waals surface area contributed by atoms with Crippen LogP contribution in [-0.4, -0.2) is 45.9 Å². The van der Waals surface area contributed by atoms with E-state index in [-0.39, 0.29) is 18.1 Å². The number of thiophene rings is 1. The van der Waals surface area contributed by atoms with E-state index < -0.39 is 0 Å². The van der Waals surface area contributed by atoms with E-state index in [9.17, 15) is 4.79 Å². The molecule has 1 N–H and O–H groups in total. The van der Waals surface area contributed by atoms with Crippen molar-refractivity contribution < 1.29 is 4.79 Å². The zero-order valence-corrected chi connectivity index (χ0v) is 14.0. The Balaban J connectivity index is 1.75. The molecule has 3 atom stereocenters. The lowest BCUT2D eigenvalue weighted by Gasteiger charge is -2.29. The van der Waals surface area contributed by atoms with Crippen molar-refractivity contribution in [3.63, 3.8) is 0 Å². The summed E-state index contributed by atoms with van der Waals surface area (Å²) in [7, 11) is 0. The van der Waals surface area contributed by atoms with Gasteiger partial charge in [-0.05, 0) is 17.9 Å². The lowest BCUT2D eigenvalue weighted by Crippen LogP contribution is -2.38. The van der Waals surface area contributed by atoms with Crippen LogP contribution >= 0.6 is 34.9 Å². The third kappa shape index (κ3) is 3.03. The summed E-state index contributed by atoms with van der Waals surface area (Å²) < 4.78 is 0. The summed E-state index contributed by atoms with van der Waals surface area (Å²) in [5.74, 6) is 3.91. The number of carbonyl (C=O) groups excluding carboxylic acids is 1. The third-order valence-electron chi connectivity index (χ3n) is 3.76. The van der Waals surface area contributed by atoms with Gasteiger partial charge in [0.05, 0.1) is 6.04 Å². The minimum atomic E-state index is -0.0108. The molecule has 3 heterocycles. The fourth-order valence-electron chi connectivity index (χ4n) is 2.71. The molecule has 1 aromatic rings. The smallest absolute Gasteiger partial charge is 0.241 e. The Morgan fingerprint density at radius 2 is 2.35 bits per heavy atom. The van der Waals surface area contributed by atoms with E-state index in [1.807, 2.05) is 23.5 Å². The van der Waals surface area contributed by atoms with Crippen LogP contribution in [0, 0.1) is 0 Å². The lowest BCUT2D eigenvalue weighted by atomic mass is 10.2. The summed E-state index contributed by atoms with van der Waals surface area (Å²) in [6.45, 7) is 2.96. The second-order valence-electron chi connectivity index (χ2n) is 5.10. The van der Waals surface area contributed by atoms with E-state index in [0.717, 1.165) is 13.0 Å². The fourth-order valence-corrected chi connectivity index (χ4v) is 6.17. The van der Waals surface area contributed by atoms with Crippen LogP contribution in [0.1, 0.15) is 24.4 Å². The monoisotopic (exact) mass is 328 g/mol. The van der Waals surface area contributed by atoms with Crippen LogP contribution < -0.4 is 5.32 Å². The van der Waals surface area contributed by atoms with Gasteiger partial charge in [-0.2, -0.15) is 23.5 Å². The predicted molar refractivity (Wildman–Crippen MR) is 89.6 cm³/mol. The maximum Gasteiger partial charge on any atom is 0.241 e. The van der Waals surface area contributed by atoms with Crippen LogP contribution in [-0.2, 0) is 4.79 Å². The Bertz CT molecular complexity index is 445. The second-order valence-corrected chi connectivity index (χ2v) is 8.64. The van der Waals surface area contributed by atoms with Gasteiger partial charge in [-0.3, -0.25) is 10.1 Å². The Hall–Kier alpha value is -0.170. The number of hydrogen-bond acceptors (Lipinski definition) is 5. The molecule has 0 bridgehead atoms. The van der Waals surface area contributed by atoms with E-state index in [2.05, 4.69) is 34.7 Å². The number of nitrogens with zero attached hydrogens (tertiary/aromatic N) is 1. The quantitative estimate of drug-likeness (QED) is 0.921. The molecule has 3 nitrogen and oxygen atoms in total. The van der Waals surface area contributed by atoms with Crippen molar-refractivity contribution in [3.05, 3.63) is 22.4 Å². The molecule has 2 aliphatic rings. The van der Waals surface area contributed by atoms with E-state index in [0.29, 0.717) is 5.25 Å². The maximum atomic E-state index is 12.6. The van der Waals surface area contributed by atoms with Crippen LogP contribution in [0.2, 0.25) is 0 Å². The average Bonchev–Trinajstić information content (AvgIpc) is 3.10. The third-order valence-corrected chi connectivity index (χ3v) is 7.51. The van der Waals surface area contributed by atoms with Gasteiger partial charge in [-0.25, -0.2) is 0 Å². The highest BCUT2D eigenvalue weighted by atomic mass is 32.2. The van der Waals surface area contributed by atoms with Gasteiger partial charge in [0.1, 0.15) is 6.17 Å². The van der Waals surface area contributed by atoms with Gasteiger partial charge >= 0.3 is 0 Å². The summed E-state index contributed by atoms with van der Waals surface area (Å²) in [6, 6.07) is 4.18. The molecule has 2 aliphatic heterocycles. The molecule has 0 saturated carbocycles. The lowest BCUT2D eigenvalue weighted by molar-refractivity contribution is -0.130. The molecule has 6 heteroatoms. The van der Waals surface area contributed by atoms with Gasteiger partial charge < -0.3 is 4.90 Å². The number of hydrogen-bond donors (Lipinski definition) is 1. The minimum absolute atomic E-state index is 0.0108. The molecular formula is C14H20N2OS3. The molecule has 2 fully saturated rings. The van der Waals surface area contributed by atoms with Crippen molar-refractivity contribution in [3.8, 4) is 0 Å². The molecule has 3 unspecified atom stereocenters. The first-order valence-corrected chi connectivity index (χ1v) is 10.2. The number of amides is 1. The SMILES string of the molecule is CCC1NC(c2cccs2)N(CC2CSCCS2)C1=O. The zero-order valence-electron chi connectivity index (χ0n) is 11.6. The van der Waals surface area contributed by atoms with Gasteiger partial charge in [-0.15, -0.1) is 11.3 Å². The predicted octanol–water partition coefficient (Wildman–Crippen LogP) is 2.81. The summed E-state index contributed by atoms with van der Waals surface area (Å²) in [5.41, 5.74) is 0. The van der Waals surface area contributed by atoms with E-state index in [1.165, 1.54) is 22.1 Å². The molecule has 2 saturated heterocycles. The summed E-state index contributed by atoms with van der Waals surface area (Å²) in [5, 5.41) is 6.17. The van der Waals surface area contributed by atoms with Crippen LogP contribution in [0.3, 0.4) is 0 Å². The molecule has 110 valence electrons. The number of rotatable bonds is 4. The van der Waals surface area contributed by atoms with Crippen LogP contribution in [0.5, 0.6) is 0 Å². The van der Waals surface area contributed by atoms with Gasteiger partial charge in [0.15, 0.2) is 0 Å². The molecule has 1 aromatic heterocycles. The van der Waals surface area contributed by atoms with Gasteiger partial charge in [0, 0.05) is 33.9 Å². The first-order chi connectivity index (χ1) is 9.79. The van der Waals surface area contributed by atoms with Gasteiger partial charge in [-0.1, -0.05) is 13.0 Å². The molecule has 0 radical (unpaired) electrons. The highest BCUT2D eigenvalue weighted by molar-refractivity contribution is 8.06. The Labute approximate surface area is 132 Å². The first-order valence-electron chi connectivity index (χ1n) is 7.09. The van der Waals surface area contributed by atoms with Crippen LogP contribution in [0.4, 0.5) is 0 Å². The molecule has 0 spiro atoms. The molecule has 0 aromatic carbocycles. The normalized spacial score (nSPS) is 30.9. The summed E-state index contributed by atoms with van der Waals surface area (Å²) in [4.78, 5) is 15.9. The van der Waals surface area contributed by atoms with Gasteiger partial charge in [0.2, 0.25) is 5.91 Å². The first kappa shape index (κ1) is 14.8. The van der Waals surface area contributed by atoms with E-state index >= 15 is 0 Å². The van der Waals surface area contributed by atoms with Crippen molar-refractivity contribution >= 4 is 40.8 Å². The summed E-state index contributed by atoms with van der Waals surface area (Å²) in [6.07, 6.45) is 0.948. The zero-order chi connectivity index (χ0) is 13.9. The highest BCUT2D eigenvalue weighted by Crippen LogP contribution is 2.32. The van der Waals surface area contributed by atoms with Crippen molar-refractivity contribution in [2.24, 2.45) is 0 Å². The van der Waals surface area contributed by atoms with Crippen molar-refractivity contribution in [2.45, 2.75) is 30.8 Å². The second kappa shape index (κ2) is 6.73. The van der Waals surface area contributed by atoms with Gasteiger partial charge in [0.25, 0.3) is 0 Å². The Kier molecular flexibility index (Phi) is 4.96. The van der Waals surface area contributed by atoms with E-state index in [4.69, 9.17) is 0 Å². The number of nitrogens with one attached hydrogen (secondary N) is 1. The van der Waals surface area contributed by atoms with Crippen LogP contribution in [0.25, 0.3) is 0 Å². The summed E-state index contributed by atoms with van der Waals surface area (Å²) >= 11 is 5.77. The molecule has 20 heavy (non-hydrogen) atoms. The minimum Gasteiger partial charge on any atom is -0.320 e. The Morgan fingerprint density at radius 3 is 3.00 bits per heavy atom. The topological polar surface area (TPSA) is 32.3 Å². The molecular weight excluding hydrogens is 308 g/mol. The maximum absolute atomic E-state index is 12.6. The van der Waals surface area contributed by atoms with Crippen molar-refractivity contribution in [1.82, 2.24) is 10.2 Å². The number of thioether (sulfide) groups is 2. The molecule has 1 amide bonds. The highest BCUT2D eigenvalue weighted by Gasteiger charge is 2.40. The van der Waals surface area contributed by atoms with Crippen LogP contribution in [0.15, 0.2) is 17.5 Å². The van der Waals surface area contributed by atoms with E-state index in [1.54, 1.807) is 11.3 Å². The van der Waals surface area contributed by atoms with Crippen molar-refractivity contribution in [1.29, 1.82) is 0 Å². The molecule has 3 rings (SSSR count). The average molecular weight is 329 g/mol. The molecule has 0 aliphatic carbocycles. The van der Waals surface area contributed by atoms with Crippen molar-refractivity contribution in [2.75, 3.05) is 23.8 Å². The number of carbonyl (C=O) groups is 1. The Morgan fingerprint density at radius 1 is 1.45 bits per heavy atom. The fraction of sp³-hybridized carbons (Fsp3) is 0.643. The largest absolute Gasteiger partial charge is 0.320 e.